The number of aromatic nitrogens is 2. The first-order valence-electron chi connectivity index (χ1n) is 15.2. The topological polar surface area (TPSA) is 107 Å². The standard InChI is InChI=1S/C16H18N4O2S.C13H15NOS.C6H4Br2/c1-18-15-4-2-3-13(9-15)16(20-11-14(17)10-19-20)12-5-7-23(21,22)8-6-12;1-14-12-4-2-3-11(9-12)13(15)10-5-7-16-8-6-10;7-5-2-1-3-6(8)4-5/h2-4,9-12,16H,5-8,17H2;2-4,9-10,13,15H,5-8H2;1-4H. The minimum Gasteiger partial charge on any atom is -0.396 e. The fraction of sp³-hybridized carbons (Fsp3) is 0.343. The van der Waals surface area contributed by atoms with Crippen molar-refractivity contribution in [2.75, 3.05) is 28.7 Å². The summed E-state index contributed by atoms with van der Waals surface area (Å²) in [6.45, 7) is 14.2. The molecule has 6 rings (SSSR count). The van der Waals surface area contributed by atoms with E-state index in [9.17, 15) is 13.5 Å². The van der Waals surface area contributed by atoms with E-state index in [2.05, 4.69) is 46.6 Å². The van der Waals surface area contributed by atoms with E-state index in [1.165, 1.54) is 0 Å². The molecule has 2 saturated heterocycles. The Labute approximate surface area is 298 Å². The highest BCUT2D eigenvalue weighted by molar-refractivity contribution is 9.11. The van der Waals surface area contributed by atoms with Crippen molar-refractivity contribution >= 4 is 70.5 Å². The zero-order chi connectivity index (χ0) is 33.8. The Morgan fingerprint density at radius 3 is 1.91 bits per heavy atom. The van der Waals surface area contributed by atoms with Gasteiger partial charge in [0.2, 0.25) is 0 Å². The van der Waals surface area contributed by atoms with Crippen LogP contribution in [-0.4, -0.2) is 46.3 Å². The molecule has 0 radical (unpaired) electrons. The van der Waals surface area contributed by atoms with Gasteiger partial charge in [0.05, 0.1) is 48.7 Å². The molecule has 0 spiro atoms. The number of benzene rings is 3. The second-order valence-electron chi connectivity index (χ2n) is 11.4. The maximum absolute atomic E-state index is 11.7. The first-order chi connectivity index (χ1) is 22.6. The van der Waals surface area contributed by atoms with Crippen LogP contribution in [0.15, 0.2) is 94.1 Å². The number of rotatable bonds is 5. The molecule has 12 heteroatoms. The summed E-state index contributed by atoms with van der Waals surface area (Å²) in [6, 6.07) is 22.6. The highest BCUT2D eigenvalue weighted by atomic mass is 79.9. The molecule has 2 aliphatic rings. The average molecular weight is 800 g/mol. The zero-order valence-corrected chi connectivity index (χ0v) is 30.6. The van der Waals surface area contributed by atoms with Gasteiger partial charge in [-0.2, -0.15) is 16.9 Å². The molecular weight excluding hydrogens is 762 g/mol. The smallest absolute Gasteiger partial charge is 0.187 e. The number of sulfone groups is 1. The molecular formula is C35H37Br2N5O3S2. The highest BCUT2D eigenvalue weighted by Gasteiger charge is 2.32. The Balaban J connectivity index is 0.000000180. The van der Waals surface area contributed by atoms with E-state index in [1.807, 2.05) is 66.4 Å². The van der Waals surface area contributed by atoms with Crippen molar-refractivity contribution in [2.24, 2.45) is 11.8 Å². The van der Waals surface area contributed by atoms with Crippen molar-refractivity contribution < 1.29 is 13.5 Å². The summed E-state index contributed by atoms with van der Waals surface area (Å²) in [6.07, 6.45) is 6.29. The van der Waals surface area contributed by atoms with E-state index in [0.717, 1.165) is 44.4 Å². The van der Waals surface area contributed by atoms with Crippen molar-refractivity contribution in [3.63, 3.8) is 0 Å². The molecule has 0 amide bonds. The van der Waals surface area contributed by atoms with Crippen LogP contribution in [0, 0.1) is 25.0 Å². The molecule has 47 heavy (non-hydrogen) atoms. The Morgan fingerprint density at radius 2 is 1.40 bits per heavy atom. The lowest BCUT2D eigenvalue weighted by atomic mass is 9.88. The number of aliphatic hydroxyl groups excluding tert-OH is 1. The van der Waals surface area contributed by atoms with Crippen LogP contribution < -0.4 is 5.73 Å². The van der Waals surface area contributed by atoms with Gasteiger partial charge >= 0.3 is 0 Å². The summed E-state index contributed by atoms with van der Waals surface area (Å²) in [5, 5.41) is 14.6. The predicted octanol–water partition coefficient (Wildman–Crippen LogP) is 9.06. The number of halogens is 2. The van der Waals surface area contributed by atoms with Crippen LogP contribution >= 0.6 is 43.6 Å². The van der Waals surface area contributed by atoms with Crippen LogP contribution in [0.5, 0.6) is 0 Å². The lowest BCUT2D eigenvalue weighted by molar-refractivity contribution is 0.103. The molecule has 3 heterocycles. The van der Waals surface area contributed by atoms with E-state index < -0.39 is 15.9 Å². The van der Waals surface area contributed by atoms with E-state index in [1.54, 1.807) is 35.3 Å². The van der Waals surface area contributed by atoms with Crippen LogP contribution in [0.4, 0.5) is 17.1 Å². The Morgan fingerprint density at radius 1 is 0.851 bits per heavy atom. The number of anilines is 1. The Kier molecular flexibility index (Phi) is 13.9. The van der Waals surface area contributed by atoms with Gasteiger partial charge < -0.3 is 10.8 Å². The Bertz CT molecular complexity index is 1780. The first kappa shape index (κ1) is 36.7. The number of hydrogen-bond donors (Lipinski definition) is 2. The molecule has 246 valence electrons. The minimum absolute atomic E-state index is 0.107. The molecule has 2 atom stereocenters. The van der Waals surface area contributed by atoms with Gasteiger partial charge in [0.1, 0.15) is 9.84 Å². The van der Waals surface area contributed by atoms with E-state index >= 15 is 0 Å². The second-order valence-corrected chi connectivity index (χ2v) is 16.8. The first-order valence-corrected chi connectivity index (χ1v) is 19.8. The van der Waals surface area contributed by atoms with Gasteiger partial charge in [-0.25, -0.2) is 18.1 Å². The fourth-order valence-electron chi connectivity index (χ4n) is 5.69. The van der Waals surface area contributed by atoms with E-state index in [-0.39, 0.29) is 23.5 Å². The van der Waals surface area contributed by atoms with Crippen molar-refractivity contribution in [3.05, 3.63) is 128 Å². The van der Waals surface area contributed by atoms with Crippen LogP contribution in [0.2, 0.25) is 0 Å². The predicted molar refractivity (Wildman–Crippen MR) is 198 cm³/mol. The molecule has 8 nitrogen and oxygen atoms in total. The summed E-state index contributed by atoms with van der Waals surface area (Å²) in [7, 11) is -2.92. The maximum Gasteiger partial charge on any atom is 0.187 e. The van der Waals surface area contributed by atoms with Crippen LogP contribution in [0.1, 0.15) is 49.0 Å². The largest absolute Gasteiger partial charge is 0.396 e. The molecule has 4 aromatic rings. The normalized spacial score (nSPS) is 17.4. The molecule has 0 bridgehead atoms. The third kappa shape index (κ3) is 11.2. The molecule has 2 aliphatic heterocycles. The number of nitrogens with zero attached hydrogens (tertiary/aromatic N) is 4. The van der Waals surface area contributed by atoms with E-state index in [0.29, 0.717) is 35.8 Å². The van der Waals surface area contributed by atoms with Gasteiger partial charge in [-0.05, 0) is 78.4 Å². The quantitative estimate of drug-likeness (QED) is 0.195. The van der Waals surface area contributed by atoms with E-state index in [4.69, 9.17) is 18.9 Å². The fourth-order valence-corrected chi connectivity index (χ4v) is 9.47. The molecule has 0 saturated carbocycles. The number of nitrogen functional groups attached to an aromatic ring is 1. The maximum atomic E-state index is 11.7. The molecule has 1 aromatic heterocycles. The van der Waals surface area contributed by atoms with Gasteiger partial charge in [-0.15, -0.1) is 0 Å². The summed E-state index contributed by atoms with van der Waals surface area (Å²) >= 11 is 8.62. The van der Waals surface area contributed by atoms with Crippen molar-refractivity contribution in [2.45, 2.75) is 37.8 Å². The summed E-state index contributed by atoms with van der Waals surface area (Å²) in [5.74, 6) is 3.20. The number of aliphatic hydroxyl groups is 1. The SMILES string of the molecule is Brc1cccc(Br)c1.[C-]#[N+]c1cccc(C(C2CCS(=O)(=O)CC2)n2cc(N)cn2)c1.[C-]#[N+]c1cccc(C(O)C2CCSCC2)c1. The number of nitrogens with two attached hydrogens (primary N) is 1. The third-order valence-electron chi connectivity index (χ3n) is 8.13. The van der Waals surface area contributed by atoms with Gasteiger partial charge in [-0.1, -0.05) is 86.5 Å². The molecule has 0 aliphatic carbocycles. The van der Waals surface area contributed by atoms with Crippen LogP contribution in [0.25, 0.3) is 9.69 Å². The monoisotopic (exact) mass is 797 g/mol. The van der Waals surface area contributed by atoms with Gasteiger partial charge in [0.25, 0.3) is 0 Å². The van der Waals surface area contributed by atoms with Crippen LogP contribution in [-0.2, 0) is 9.84 Å². The zero-order valence-electron chi connectivity index (χ0n) is 25.8. The molecule has 2 unspecified atom stereocenters. The Hall–Kier alpha value is -3.13. The summed E-state index contributed by atoms with van der Waals surface area (Å²) in [4.78, 5) is 6.87. The van der Waals surface area contributed by atoms with Crippen molar-refractivity contribution in [1.82, 2.24) is 9.78 Å². The summed E-state index contributed by atoms with van der Waals surface area (Å²) in [5.41, 5.74) is 9.40. The average Bonchev–Trinajstić information content (AvgIpc) is 3.51. The van der Waals surface area contributed by atoms with Gasteiger partial charge in [0, 0.05) is 15.1 Å². The molecule has 3 aromatic carbocycles. The molecule has 2 fully saturated rings. The number of thioether (sulfide) groups is 1. The molecule has 3 N–H and O–H groups in total. The highest BCUT2D eigenvalue weighted by Crippen LogP contribution is 2.36. The van der Waals surface area contributed by atoms with Crippen molar-refractivity contribution in [3.8, 4) is 0 Å². The second kappa shape index (κ2) is 17.9. The third-order valence-corrected chi connectivity index (χ3v) is 11.9. The summed E-state index contributed by atoms with van der Waals surface area (Å²) < 4.78 is 27.4. The number of hydrogen-bond acceptors (Lipinski definition) is 6. The van der Waals surface area contributed by atoms with Gasteiger partial charge in [-0.3, -0.25) is 4.68 Å². The minimum atomic E-state index is -2.92. The lowest BCUT2D eigenvalue weighted by Gasteiger charge is -2.31. The van der Waals surface area contributed by atoms with Crippen LogP contribution in [0.3, 0.4) is 0 Å². The van der Waals surface area contributed by atoms with Gasteiger partial charge in [0.15, 0.2) is 11.4 Å². The van der Waals surface area contributed by atoms with Crippen molar-refractivity contribution in [1.29, 1.82) is 0 Å². The lowest BCUT2D eigenvalue weighted by Crippen LogP contribution is -2.30.